The summed E-state index contributed by atoms with van der Waals surface area (Å²) in [5.41, 5.74) is 2.51. The summed E-state index contributed by atoms with van der Waals surface area (Å²) < 4.78 is 0. The SMILES string of the molecule is Cc1c[nH]c(C(C)(C)O)c1C. The maximum Gasteiger partial charge on any atom is 0.0990 e. The summed E-state index contributed by atoms with van der Waals surface area (Å²) in [6.45, 7) is 7.61. The molecule has 0 radical (unpaired) electrons. The first-order valence-electron chi connectivity index (χ1n) is 3.80. The Bertz CT molecular complexity index is 255. The standard InChI is InChI=1S/C9H15NO/c1-6-5-10-8(7(6)2)9(3,4)11/h5,10-11H,1-4H3. The number of aryl methyl sites for hydroxylation is 1. The zero-order chi connectivity index (χ0) is 8.65. The lowest BCUT2D eigenvalue weighted by atomic mass is 10.0. The van der Waals surface area contributed by atoms with E-state index in [1.165, 1.54) is 5.56 Å². The summed E-state index contributed by atoms with van der Waals surface area (Å²) in [6.07, 6.45) is 1.92. The number of nitrogens with one attached hydrogen (secondary N) is 1. The normalized spacial score (nSPS) is 12.1. The number of hydrogen-bond donors (Lipinski definition) is 2. The molecule has 0 fully saturated rings. The number of rotatable bonds is 1. The van der Waals surface area contributed by atoms with E-state index >= 15 is 0 Å². The zero-order valence-corrected chi connectivity index (χ0v) is 7.52. The second kappa shape index (κ2) is 2.38. The summed E-state index contributed by atoms with van der Waals surface area (Å²) in [4.78, 5) is 3.06. The number of H-pyrrole nitrogens is 1. The predicted octanol–water partition coefficient (Wildman–Crippen LogP) is 1.86. The zero-order valence-electron chi connectivity index (χ0n) is 7.52. The van der Waals surface area contributed by atoms with Gasteiger partial charge in [0, 0.05) is 11.9 Å². The quantitative estimate of drug-likeness (QED) is 0.634. The van der Waals surface area contributed by atoms with Crippen molar-refractivity contribution >= 4 is 0 Å². The lowest BCUT2D eigenvalue weighted by molar-refractivity contribution is 0.0737. The van der Waals surface area contributed by atoms with Crippen LogP contribution >= 0.6 is 0 Å². The number of hydrogen-bond acceptors (Lipinski definition) is 1. The summed E-state index contributed by atoms with van der Waals surface area (Å²) in [5, 5.41) is 9.65. The molecule has 0 saturated carbocycles. The highest BCUT2D eigenvalue weighted by Crippen LogP contribution is 2.23. The van der Waals surface area contributed by atoms with Crippen LogP contribution in [0.25, 0.3) is 0 Å². The third kappa shape index (κ3) is 1.46. The molecule has 0 amide bonds. The Balaban J connectivity index is 3.15. The summed E-state index contributed by atoms with van der Waals surface area (Å²) in [7, 11) is 0. The molecule has 0 bridgehead atoms. The second-order valence-corrected chi connectivity index (χ2v) is 3.53. The van der Waals surface area contributed by atoms with Gasteiger partial charge in [-0.15, -0.1) is 0 Å². The van der Waals surface area contributed by atoms with E-state index in [2.05, 4.69) is 4.98 Å². The van der Waals surface area contributed by atoms with E-state index < -0.39 is 5.60 Å². The average molecular weight is 153 g/mol. The minimum absolute atomic E-state index is 0.752. The number of aliphatic hydroxyl groups is 1. The van der Waals surface area contributed by atoms with Gasteiger partial charge in [-0.05, 0) is 38.8 Å². The van der Waals surface area contributed by atoms with Crippen molar-refractivity contribution in [1.29, 1.82) is 0 Å². The molecule has 1 aromatic heterocycles. The van der Waals surface area contributed by atoms with Crippen molar-refractivity contribution in [3.8, 4) is 0 Å². The molecule has 0 unspecified atom stereocenters. The van der Waals surface area contributed by atoms with Gasteiger partial charge in [-0.1, -0.05) is 0 Å². The number of aromatic nitrogens is 1. The van der Waals surface area contributed by atoms with E-state index in [1.807, 2.05) is 20.0 Å². The van der Waals surface area contributed by atoms with Crippen molar-refractivity contribution in [3.05, 3.63) is 23.0 Å². The number of aromatic amines is 1. The maximum atomic E-state index is 9.65. The van der Waals surface area contributed by atoms with Crippen LogP contribution in [0, 0.1) is 13.8 Å². The molecule has 1 aromatic rings. The van der Waals surface area contributed by atoms with Gasteiger partial charge in [-0.2, -0.15) is 0 Å². The molecule has 11 heavy (non-hydrogen) atoms. The van der Waals surface area contributed by atoms with E-state index in [1.54, 1.807) is 13.8 Å². The Hall–Kier alpha value is -0.760. The van der Waals surface area contributed by atoms with Gasteiger partial charge in [0.05, 0.1) is 5.60 Å². The minimum Gasteiger partial charge on any atom is -0.384 e. The van der Waals surface area contributed by atoms with Gasteiger partial charge in [-0.25, -0.2) is 0 Å². The molecule has 1 rings (SSSR count). The second-order valence-electron chi connectivity index (χ2n) is 3.53. The van der Waals surface area contributed by atoms with E-state index in [0.717, 1.165) is 11.3 Å². The first-order chi connectivity index (χ1) is 4.93. The fraction of sp³-hybridized carbons (Fsp3) is 0.556. The molecule has 2 N–H and O–H groups in total. The largest absolute Gasteiger partial charge is 0.384 e. The molecule has 62 valence electrons. The van der Waals surface area contributed by atoms with E-state index in [-0.39, 0.29) is 0 Å². The molecule has 0 aromatic carbocycles. The Morgan fingerprint density at radius 2 is 1.91 bits per heavy atom. The lowest BCUT2D eigenvalue weighted by Crippen LogP contribution is -2.17. The molecule has 0 spiro atoms. The van der Waals surface area contributed by atoms with Gasteiger partial charge in [-0.3, -0.25) is 0 Å². The van der Waals surface area contributed by atoms with Crippen LogP contribution in [0.1, 0.15) is 30.7 Å². The Labute approximate surface area is 67.3 Å². The van der Waals surface area contributed by atoms with Gasteiger partial charge in [0.1, 0.15) is 0 Å². The van der Waals surface area contributed by atoms with Crippen LogP contribution in [-0.4, -0.2) is 10.1 Å². The van der Waals surface area contributed by atoms with E-state index in [9.17, 15) is 5.11 Å². The Morgan fingerprint density at radius 1 is 1.36 bits per heavy atom. The first-order valence-corrected chi connectivity index (χ1v) is 3.80. The topological polar surface area (TPSA) is 36.0 Å². The fourth-order valence-electron chi connectivity index (χ4n) is 1.23. The minimum atomic E-state index is -0.752. The molecule has 0 saturated heterocycles. The van der Waals surface area contributed by atoms with Crippen LogP contribution in [0.5, 0.6) is 0 Å². The van der Waals surface area contributed by atoms with Crippen LogP contribution in [0.3, 0.4) is 0 Å². The average Bonchev–Trinajstić information content (AvgIpc) is 2.11. The molecule has 2 heteroatoms. The first kappa shape index (κ1) is 8.34. The molecule has 0 aliphatic rings. The molecule has 1 heterocycles. The lowest BCUT2D eigenvalue weighted by Gasteiger charge is -2.16. The van der Waals surface area contributed by atoms with Crippen LogP contribution in [0.4, 0.5) is 0 Å². The van der Waals surface area contributed by atoms with Crippen molar-refractivity contribution in [1.82, 2.24) is 4.98 Å². The highest BCUT2D eigenvalue weighted by Gasteiger charge is 2.20. The van der Waals surface area contributed by atoms with Gasteiger partial charge in [0.2, 0.25) is 0 Å². The molecule has 0 aliphatic heterocycles. The van der Waals surface area contributed by atoms with Gasteiger partial charge in [0.15, 0.2) is 0 Å². The summed E-state index contributed by atoms with van der Waals surface area (Å²) in [5.74, 6) is 0. The molecular weight excluding hydrogens is 138 g/mol. The molecule has 0 atom stereocenters. The Kier molecular flexibility index (Phi) is 1.80. The predicted molar refractivity (Wildman–Crippen MR) is 45.5 cm³/mol. The van der Waals surface area contributed by atoms with Crippen molar-refractivity contribution in [3.63, 3.8) is 0 Å². The third-order valence-corrected chi connectivity index (χ3v) is 2.01. The van der Waals surface area contributed by atoms with Gasteiger partial charge < -0.3 is 10.1 Å². The summed E-state index contributed by atoms with van der Waals surface area (Å²) >= 11 is 0. The fourth-order valence-corrected chi connectivity index (χ4v) is 1.23. The highest BCUT2D eigenvalue weighted by atomic mass is 16.3. The molecular formula is C9H15NO. The van der Waals surface area contributed by atoms with E-state index in [0.29, 0.717) is 0 Å². The Morgan fingerprint density at radius 3 is 2.09 bits per heavy atom. The monoisotopic (exact) mass is 153 g/mol. The highest BCUT2D eigenvalue weighted by molar-refractivity contribution is 5.31. The van der Waals surface area contributed by atoms with Crippen molar-refractivity contribution in [2.45, 2.75) is 33.3 Å². The third-order valence-electron chi connectivity index (χ3n) is 2.01. The smallest absolute Gasteiger partial charge is 0.0990 e. The van der Waals surface area contributed by atoms with Crippen LogP contribution < -0.4 is 0 Å². The van der Waals surface area contributed by atoms with Crippen LogP contribution in [0.2, 0.25) is 0 Å². The van der Waals surface area contributed by atoms with Crippen molar-refractivity contribution < 1.29 is 5.11 Å². The van der Waals surface area contributed by atoms with E-state index in [4.69, 9.17) is 0 Å². The molecule has 2 nitrogen and oxygen atoms in total. The molecule has 0 aliphatic carbocycles. The van der Waals surface area contributed by atoms with Crippen LogP contribution in [-0.2, 0) is 5.60 Å². The maximum absolute atomic E-state index is 9.65. The van der Waals surface area contributed by atoms with Gasteiger partial charge >= 0.3 is 0 Å². The van der Waals surface area contributed by atoms with Crippen molar-refractivity contribution in [2.24, 2.45) is 0 Å². The van der Waals surface area contributed by atoms with Crippen molar-refractivity contribution in [2.75, 3.05) is 0 Å². The van der Waals surface area contributed by atoms with Gasteiger partial charge in [0.25, 0.3) is 0 Å². The summed E-state index contributed by atoms with van der Waals surface area (Å²) in [6, 6.07) is 0. The van der Waals surface area contributed by atoms with Crippen LogP contribution in [0.15, 0.2) is 6.20 Å².